The van der Waals surface area contributed by atoms with Gasteiger partial charge in [0, 0.05) is 25.7 Å². The van der Waals surface area contributed by atoms with Crippen LogP contribution in [0.15, 0.2) is 12.3 Å². The molecule has 17 heavy (non-hydrogen) atoms. The fraction of sp³-hybridized carbons (Fsp3) is 0.500. The second-order valence-corrected chi connectivity index (χ2v) is 4.49. The summed E-state index contributed by atoms with van der Waals surface area (Å²) in [4.78, 5) is 12.2. The first kappa shape index (κ1) is 10.5. The molecule has 1 unspecified atom stereocenters. The fourth-order valence-electron chi connectivity index (χ4n) is 2.43. The van der Waals surface area contributed by atoms with Crippen LogP contribution in [0.3, 0.4) is 0 Å². The summed E-state index contributed by atoms with van der Waals surface area (Å²) in [5, 5.41) is 6.63. The lowest BCUT2D eigenvalue weighted by Gasteiger charge is -2.06. The summed E-state index contributed by atoms with van der Waals surface area (Å²) < 4.78 is 0. The van der Waals surface area contributed by atoms with Gasteiger partial charge >= 0.3 is 0 Å². The van der Waals surface area contributed by atoms with E-state index < -0.39 is 0 Å². The van der Waals surface area contributed by atoms with Gasteiger partial charge in [-0.15, -0.1) is 0 Å². The number of nitrogens with one attached hydrogen (secondary N) is 3. The first-order valence-corrected chi connectivity index (χ1v) is 6.11. The van der Waals surface area contributed by atoms with Crippen LogP contribution in [0.5, 0.6) is 0 Å². The topological polar surface area (TPSA) is 65.6 Å². The molecule has 2 aromatic heterocycles. The average molecular weight is 231 g/mol. The van der Waals surface area contributed by atoms with Gasteiger partial charge in [-0.1, -0.05) is 0 Å². The number of rotatable bonds is 3. The molecule has 3 heterocycles. The summed E-state index contributed by atoms with van der Waals surface area (Å²) in [5.74, 6) is 1.02. The van der Waals surface area contributed by atoms with E-state index in [1.54, 1.807) is 6.20 Å². The van der Waals surface area contributed by atoms with Gasteiger partial charge in [-0.3, -0.25) is 0 Å². The molecule has 2 aromatic rings. The highest BCUT2D eigenvalue weighted by molar-refractivity contribution is 5.85. The van der Waals surface area contributed by atoms with Crippen molar-refractivity contribution in [1.82, 2.24) is 20.3 Å². The highest BCUT2D eigenvalue weighted by atomic mass is 15.0. The van der Waals surface area contributed by atoms with Gasteiger partial charge in [-0.05, 0) is 25.5 Å². The lowest BCUT2D eigenvalue weighted by Crippen LogP contribution is -2.24. The van der Waals surface area contributed by atoms with Gasteiger partial charge in [-0.25, -0.2) is 9.97 Å². The Morgan fingerprint density at radius 2 is 2.47 bits per heavy atom. The molecule has 0 aliphatic carbocycles. The van der Waals surface area contributed by atoms with E-state index in [1.807, 2.05) is 13.1 Å². The van der Waals surface area contributed by atoms with Crippen LogP contribution < -0.4 is 10.6 Å². The number of nitrogens with zero attached hydrogens (tertiary/aromatic N) is 2. The van der Waals surface area contributed by atoms with Crippen molar-refractivity contribution >= 4 is 16.9 Å². The zero-order valence-corrected chi connectivity index (χ0v) is 9.95. The van der Waals surface area contributed by atoms with Crippen molar-refractivity contribution in [2.75, 3.05) is 18.9 Å². The molecule has 0 bridgehead atoms. The summed E-state index contributed by atoms with van der Waals surface area (Å²) >= 11 is 0. The Morgan fingerprint density at radius 1 is 1.53 bits per heavy atom. The highest BCUT2D eigenvalue weighted by Gasteiger charge is 2.17. The Morgan fingerprint density at radius 3 is 3.24 bits per heavy atom. The lowest BCUT2D eigenvalue weighted by atomic mass is 10.1. The smallest absolute Gasteiger partial charge is 0.179 e. The molecule has 0 spiro atoms. The summed E-state index contributed by atoms with van der Waals surface area (Å²) in [6.07, 6.45) is 5.25. The summed E-state index contributed by atoms with van der Waals surface area (Å²) in [6, 6.07) is 2.52. The third-order valence-electron chi connectivity index (χ3n) is 3.31. The van der Waals surface area contributed by atoms with Crippen molar-refractivity contribution in [2.45, 2.75) is 25.3 Å². The minimum absolute atomic E-state index is 0.564. The number of aromatic nitrogens is 3. The van der Waals surface area contributed by atoms with Gasteiger partial charge in [0.05, 0.1) is 5.69 Å². The molecule has 1 atom stereocenters. The number of aromatic amines is 1. The molecule has 3 N–H and O–H groups in total. The van der Waals surface area contributed by atoms with Crippen LogP contribution in [-0.4, -0.2) is 34.6 Å². The number of fused-ring (bicyclic) bond motifs is 1. The van der Waals surface area contributed by atoms with Gasteiger partial charge in [-0.2, -0.15) is 0 Å². The molecular formula is C12H17N5. The average Bonchev–Trinajstić information content (AvgIpc) is 2.97. The Labute approximate surface area is 100 Å². The van der Waals surface area contributed by atoms with Crippen molar-refractivity contribution < 1.29 is 0 Å². The van der Waals surface area contributed by atoms with Crippen molar-refractivity contribution in [1.29, 1.82) is 0 Å². The Bertz CT molecular complexity index is 513. The van der Waals surface area contributed by atoms with E-state index in [4.69, 9.17) is 0 Å². The molecule has 0 amide bonds. The van der Waals surface area contributed by atoms with E-state index in [2.05, 4.69) is 25.6 Å². The second kappa shape index (κ2) is 4.33. The van der Waals surface area contributed by atoms with Crippen molar-refractivity contribution in [3.63, 3.8) is 0 Å². The number of pyridine rings is 1. The zero-order chi connectivity index (χ0) is 11.7. The molecular weight excluding hydrogens is 214 g/mol. The first-order valence-electron chi connectivity index (χ1n) is 6.11. The molecule has 0 radical (unpaired) electrons. The van der Waals surface area contributed by atoms with E-state index in [1.165, 1.54) is 12.8 Å². The molecule has 1 aliphatic heterocycles. The molecule has 5 heteroatoms. The van der Waals surface area contributed by atoms with Crippen LogP contribution in [0.1, 0.15) is 18.7 Å². The monoisotopic (exact) mass is 231 g/mol. The molecule has 0 aromatic carbocycles. The number of H-pyrrole nitrogens is 1. The molecule has 1 aliphatic rings. The lowest BCUT2D eigenvalue weighted by molar-refractivity contribution is 0.589. The first-order chi connectivity index (χ1) is 8.36. The van der Waals surface area contributed by atoms with Crippen LogP contribution >= 0.6 is 0 Å². The van der Waals surface area contributed by atoms with E-state index in [0.717, 1.165) is 35.6 Å². The van der Waals surface area contributed by atoms with Crippen molar-refractivity contribution in [3.8, 4) is 0 Å². The van der Waals surface area contributed by atoms with E-state index in [0.29, 0.717) is 6.04 Å². The standard InChI is InChI=1S/C12H17N5/c1-13-9-4-6-15-12-11(9)16-10(17-12)7-8-3-2-5-14-8/h4,6,8,14H,2-3,5,7H2,1H3,(H2,13,15,16,17). The van der Waals surface area contributed by atoms with Gasteiger partial charge in [0.1, 0.15) is 11.3 Å². The minimum atomic E-state index is 0.564. The quantitative estimate of drug-likeness (QED) is 0.745. The number of anilines is 1. The van der Waals surface area contributed by atoms with Crippen molar-refractivity contribution in [3.05, 3.63) is 18.1 Å². The maximum atomic E-state index is 4.54. The Hall–Kier alpha value is -1.62. The SMILES string of the molecule is CNc1ccnc2nc(CC3CCCN3)[nH]c12. The van der Waals surface area contributed by atoms with Gasteiger partial charge in [0.15, 0.2) is 5.65 Å². The maximum absolute atomic E-state index is 4.54. The number of imidazole rings is 1. The molecule has 3 rings (SSSR count). The Kier molecular flexibility index (Phi) is 2.68. The number of hydrogen-bond donors (Lipinski definition) is 3. The highest BCUT2D eigenvalue weighted by Crippen LogP contribution is 2.19. The van der Waals surface area contributed by atoms with Gasteiger partial charge in [0.25, 0.3) is 0 Å². The second-order valence-electron chi connectivity index (χ2n) is 4.49. The normalized spacial score (nSPS) is 19.9. The molecule has 1 saturated heterocycles. The van der Waals surface area contributed by atoms with Crippen LogP contribution in [0.4, 0.5) is 5.69 Å². The third kappa shape index (κ3) is 1.98. The Balaban J connectivity index is 1.90. The van der Waals surface area contributed by atoms with Crippen LogP contribution in [0.25, 0.3) is 11.2 Å². The van der Waals surface area contributed by atoms with Crippen molar-refractivity contribution in [2.24, 2.45) is 0 Å². The minimum Gasteiger partial charge on any atom is -0.386 e. The van der Waals surface area contributed by atoms with Gasteiger partial charge in [0.2, 0.25) is 0 Å². The maximum Gasteiger partial charge on any atom is 0.179 e. The van der Waals surface area contributed by atoms with Crippen LogP contribution in [0, 0.1) is 0 Å². The fourth-order valence-corrected chi connectivity index (χ4v) is 2.43. The summed E-state index contributed by atoms with van der Waals surface area (Å²) in [7, 11) is 1.91. The zero-order valence-electron chi connectivity index (χ0n) is 9.95. The summed E-state index contributed by atoms with van der Waals surface area (Å²) in [5.41, 5.74) is 2.85. The van der Waals surface area contributed by atoms with E-state index in [-0.39, 0.29) is 0 Å². The molecule has 1 fully saturated rings. The van der Waals surface area contributed by atoms with Crippen LogP contribution in [-0.2, 0) is 6.42 Å². The predicted octanol–water partition coefficient (Wildman–Crippen LogP) is 1.29. The van der Waals surface area contributed by atoms with E-state index in [9.17, 15) is 0 Å². The van der Waals surface area contributed by atoms with Gasteiger partial charge < -0.3 is 15.6 Å². The molecule has 5 nitrogen and oxygen atoms in total. The molecule has 90 valence electrons. The van der Waals surface area contributed by atoms with E-state index >= 15 is 0 Å². The third-order valence-corrected chi connectivity index (χ3v) is 3.31. The van der Waals surface area contributed by atoms with Crippen LogP contribution in [0.2, 0.25) is 0 Å². The largest absolute Gasteiger partial charge is 0.386 e. The summed E-state index contributed by atoms with van der Waals surface area (Å²) in [6.45, 7) is 1.13. The molecule has 0 saturated carbocycles. The number of hydrogen-bond acceptors (Lipinski definition) is 4. The predicted molar refractivity (Wildman–Crippen MR) is 68.2 cm³/mol.